The van der Waals surface area contributed by atoms with Crippen LogP contribution in [0.5, 0.6) is 0 Å². The van der Waals surface area contributed by atoms with E-state index >= 15 is 0 Å². The molecule has 1 unspecified atom stereocenters. The molecule has 0 saturated heterocycles. The van der Waals surface area contributed by atoms with Crippen LogP contribution in [-0.2, 0) is 6.54 Å². The zero-order chi connectivity index (χ0) is 16.3. The number of hydrogen-bond donors (Lipinski definition) is 2. The molecule has 4 nitrogen and oxygen atoms in total. The molecule has 0 saturated carbocycles. The Morgan fingerprint density at radius 1 is 1.41 bits per heavy atom. The topological polar surface area (TPSA) is 63.3 Å². The van der Waals surface area contributed by atoms with Crippen LogP contribution < -0.4 is 11.1 Å². The lowest BCUT2D eigenvalue weighted by Crippen LogP contribution is -2.34. The van der Waals surface area contributed by atoms with Crippen molar-refractivity contribution in [1.29, 1.82) is 0 Å². The highest BCUT2D eigenvalue weighted by Crippen LogP contribution is 2.26. The monoisotopic (exact) mass is 356 g/mol. The fraction of sp³-hybridized carbons (Fsp3) is 0.333. The Labute approximate surface area is 144 Å². The Kier molecular flexibility index (Phi) is 5.67. The van der Waals surface area contributed by atoms with Gasteiger partial charge in [0.25, 0.3) is 0 Å². The zero-order valence-electron chi connectivity index (χ0n) is 12.7. The second kappa shape index (κ2) is 7.31. The van der Waals surface area contributed by atoms with Crippen molar-refractivity contribution in [3.8, 4) is 0 Å². The lowest BCUT2D eigenvalue weighted by Gasteiger charge is -2.16. The number of aryl methyl sites for hydroxylation is 2. The smallest absolute Gasteiger partial charge is 0.189 e. The van der Waals surface area contributed by atoms with E-state index in [-0.39, 0.29) is 6.04 Å². The summed E-state index contributed by atoms with van der Waals surface area (Å²) in [7, 11) is 0. The van der Waals surface area contributed by atoms with E-state index in [0.29, 0.717) is 22.5 Å². The Bertz CT molecular complexity index is 697. The van der Waals surface area contributed by atoms with Gasteiger partial charge in [-0.3, -0.25) is 0 Å². The molecule has 0 aliphatic heterocycles. The van der Waals surface area contributed by atoms with Crippen molar-refractivity contribution in [3.63, 3.8) is 0 Å². The van der Waals surface area contributed by atoms with Crippen molar-refractivity contribution in [2.24, 2.45) is 10.7 Å². The summed E-state index contributed by atoms with van der Waals surface area (Å²) in [6.45, 7) is 6.46. The van der Waals surface area contributed by atoms with E-state index in [1.54, 1.807) is 23.5 Å². The molecular weight excluding hydrogens is 339 g/mol. The molecule has 1 atom stereocenters. The molecule has 118 valence electrons. The van der Waals surface area contributed by atoms with Gasteiger partial charge in [-0.25, -0.2) is 9.98 Å². The predicted molar refractivity (Wildman–Crippen MR) is 94.9 cm³/mol. The molecule has 2 rings (SSSR count). The highest BCUT2D eigenvalue weighted by Gasteiger charge is 2.11. The number of nitrogens with two attached hydrogens (primary N) is 1. The maximum absolute atomic E-state index is 6.19. The van der Waals surface area contributed by atoms with Crippen LogP contribution in [-0.4, -0.2) is 10.9 Å². The van der Waals surface area contributed by atoms with Crippen molar-refractivity contribution in [2.45, 2.75) is 33.4 Å². The number of hydrogen-bond acceptors (Lipinski definition) is 3. The minimum absolute atomic E-state index is 0.0632. The lowest BCUT2D eigenvalue weighted by atomic mass is 10.1. The average molecular weight is 357 g/mol. The summed E-state index contributed by atoms with van der Waals surface area (Å²) in [6.07, 6.45) is 0. The molecule has 3 N–H and O–H groups in total. The molecule has 1 aromatic heterocycles. The fourth-order valence-corrected chi connectivity index (χ4v) is 3.48. The minimum atomic E-state index is -0.0632. The van der Waals surface area contributed by atoms with Crippen LogP contribution in [0.2, 0.25) is 10.0 Å². The van der Waals surface area contributed by atoms with Gasteiger partial charge in [-0.15, -0.1) is 11.3 Å². The molecule has 22 heavy (non-hydrogen) atoms. The summed E-state index contributed by atoms with van der Waals surface area (Å²) < 4.78 is 0. The number of benzene rings is 1. The third-order valence-electron chi connectivity index (χ3n) is 3.19. The molecule has 7 heteroatoms. The number of rotatable bonds is 4. The van der Waals surface area contributed by atoms with Gasteiger partial charge in [0, 0.05) is 14.9 Å². The molecule has 0 fully saturated rings. The van der Waals surface area contributed by atoms with Crippen LogP contribution in [0.15, 0.2) is 23.2 Å². The molecule has 1 heterocycles. The molecule has 0 aliphatic carbocycles. The first-order valence-corrected chi connectivity index (χ1v) is 8.38. The molecule has 0 aliphatic rings. The maximum atomic E-state index is 6.19. The highest BCUT2D eigenvalue weighted by atomic mass is 35.5. The number of aliphatic imine (C=N–C) groups is 1. The summed E-state index contributed by atoms with van der Waals surface area (Å²) in [6, 6.07) is 5.33. The summed E-state index contributed by atoms with van der Waals surface area (Å²) in [5.74, 6) is 0.364. The van der Waals surface area contributed by atoms with Gasteiger partial charge < -0.3 is 11.1 Å². The van der Waals surface area contributed by atoms with Gasteiger partial charge in [-0.1, -0.05) is 29.3 Å². The second-order valence-corrected chi connectivity index (χ2v) is 7.22. The van der Waals surface area contributed by atoms with Crippen LogP contribution >= 0.6 is 34.5 Å². The van der Waals surface area contributed by atoms with Gasteiger partial charge in [-0.05, 0) is 38.5 Å². The molecule has 0 spiro atoms. The van der Waals surface area contributed by atoms with Crippen LogP contribution in [0.4, 0.5) is 0 Å². The predicted octanol–water partition coefficient (Wildman–Crippen LogP) is 4.23. The van der Waals surface area contributed by atoms with Gasteiger partial charge >= 0.3 is 0 Å². The first kappa shape index (κ1) is 17.1. The SMILES string of the molecule is Cc1nc(CN=C(N)NC(C)c2ccc(Cl)cc2Cl)c(C)s1. The molecule has 1 aromatic carbocycles. The fourth-order valence-electron chi connectivity index (χ4n) is 2.08. The number of nitrogens with one attached hydrogen (secondary N) is 1. The van der Waals surface area contributed by atoms with Crippen molar-refractivity contribution >= 4 is 40.5 Å². The zero-order valence-corrected chi connectivity index (χ0v) is 15.0. The molecule has 2 aromatic rings. The Morgan fingerprint density at radius 3 is 2.73 bits per heavy atom. The van der Waals surface area contributed by atoms with Crippen molar-refractivity contribution in [2.75, 3.05) is 0 Å². The maximum Gasteiger partial charge on any atom is 0.189 e. The minimum Gasteiger partial charge on any atom is -0.370 e. The summed E-state index contributed by atoms with van der Waals surface area (Å²) in [4.78, 5) is 9.94. The van der Waals surface area contributed by atoms with Crippen LogP contribution in [0.25, 0.3) is 0 Å². The van der Waals surface area contributed by atoms with E-state index < -0.39 is 0 Å². The molecular formula is C15H18Cl2N4S. The van der Waals surface area contributed by atoms with Crippen LogP contribution in [0, 0.1) is 13.8 Å². The first-order chi connectivity index (χ1) is 10.4. The number of nitrogens with zero attached hydrogens (tertiary/aromatic N) is 2. The summed E-state index contributed by atoms with van der Waals surface area (Å²) in [5.41, 5.74) is 7.83. The van der Waals surface area contributed by atoms with E-state index in [2.05, 4.69) is 15.3 Å². The lowest BCUT2D eigenvalue weighted by molar-refractivity contribution is 0.707. The van der Waals surface area contributed by atoms with Gasteiger partial charge in [0.1, 0.15) is 0 Å². The number of thiazole rings is 1. The van der Waals surface area contributed by atoms with E-state index in [9.17, 15) is 0 Å². The van der Waals surface area contributed by atoms with Crippen molar-refractivity contribution < 1.29 is 0 Å². The average Bonchev–Trinajstić information content (AvgIpc) is 2.74. The molecule has 0 amide bonds. The van der Waals surface area contributed by atoms with E-state index in [4.69, 9.17) is 28.9 Å². The third-order valence-corrected chi connectivity index (χ3v) is 4.68. The second-order valence-electron chi connectivity index (χ2n) is 4.97. The summed E-state index contributed by atoms with van der Waals surface area (Å²) >= 11 is 13.8. The van der Waals surface area contributed by atoms with Crippen LogP contribution in [0.1, 0.15) is 34.1 Å². The number of halogens is 2. The highest BCUT2D eigenvalue weighted by molar-refractivity contribution is 7.11. The first-order valence-electron chi connectivity index (χ1n) is 6.81. The van der Waals surface area contributed by atoms with Gasteiger partial charge in [0.05, 0.1) is 23.3 Å². The largest absolute Gasteiger partial charge is 0.370 e. The molecule has 0 radical (unpaired) electrons. The van der Waals surface area contributed by atoms with Gasteiger partial charge in [0.2, 0.25) is 0 Å². The third kappa shape index (κ3) is 4.35. The number of guanidine groups is 1. The quantitative estimate of drug-likeness (QED) is 0.636. The van der Waals surface area contributed by atoms with E-state index in [1.807, 2.05) is 26.8 Å². The Hall–Kier alpha value is -1.30. The van der Waals surface area contributed by atoms with Gasteiger partial charge in [0.15, 0.2) is 5.96 Å². The molecule has 0 bridgehead atoms. The number of aromatic nitrogens is 1. The van der Waals surface area contributed by atoms with E-state index in [1.165, 1.54) is 4.88 Å². The van der Waals surface area contributed by atoms with Crippen LogP contribution in [0.3, 0.4) is 0 Å². The van der Waals surface area contributed by atoms with Gasteiger partial charge in [-0.2, -0.15) is 0 Å². The van der Waals surface area contributed by atoms with E-state index in [0.717, 1.165) is 16.3 Å². The standard InChI is InChI=1S/C15H18Cl2N4S/c1-8(12-5-4-11(16)6-13(12)17)20-15(18)19-7-14-9(2)22-10(3)21-14/h4-6,8H,7H2,1-3H3,(H3,18,19,20). The van der Waals surface area contributed by atoms with Crippen molar-refractivity contribution in [3.05, 3.63) is 49.4 Å². The Balaban J connectivity index is 2.02. The van der Waals surface area contributed by atoms with Crippen molar-refractivity contribution in [1.82, 2.24) is 10.3 Å². The summed E-state index contributed by atoms with van der Waals surface area (Å²) in [5, 5.41) is 5.38. The normalized spacial score (nSPS) is 13.2. The Morgan fingerprint density at radius 2 is 2.14 bits per heavy atom.